The minimum absolute atomic E-state index is 0.0570. The van der Waals surface area contributed by atoms with Gasteiger partial charge >= 0.3 is 5.97 Å². The molecule has 0 aromatic carbocycles. The molecule has 0 radical (unpaired) electrons. The van der Waals surface area contributed by atoms with Crippen LogP contribution >= 0.6 is 0 Å². The molecule has 1 rings (SSSR count). The number of imide groups is 1. The third kappa shape index (κ3) is 4.18. The van der Waals surface area contributed by atoms with Crippen molar-refractivity contribution in [1.82, 2.24) is 4.90 Å². The van der Waals surface area contributed by atoms with E-state index >= 15 is 0 Å². The third-order valence-corrected chi connectivity index (χ3v) is 2.17. The van der Waals surface area contributed by atoms with Gasteiger partial charge in [-0.2, -0.15) is 0 Å². The molecule has 2 amide bonds. The first-order valence-electron chi connectivity index (χ1n) is 5.19. The second-order valence-electron chi connectivity index (χ2n) is 3.55. The summed E-state index contributed by atoms with van der Waals surface area (Å²) in [5.74, 6) is -1.42. The molecule has 17 heavy (non-hydrogen) atoms. The van der Waals surface area contributed by atoms with Gasteiger partial charge in [-0.05, 0) is 13.0 Å². The number of ketones is 1. The van der Waals surface area contributed by atoms with Crippen LogP contribution in [0.5, 0.6) is 0 Å². The first-order chi connectivity index (χ1) is 8.00. The lowest BCUT2D eigenvalue weighted by molar-refractivity contribution is -0.144. The number of nitrogens with zero attached hydrogens (tertiary/aromatic N) is 1. The van der Waals surface area contributed by atoms with Gasteiger partial charge in [-0.15, -0.1) is 0 Å². The summed E-state index contributed by atoms with van der Waals surface area (Å²) in [5.41, 5.74) is 0. The molecule has 0 atom stereocenters. The van der Waals surface area contributed by atoms with Crippen LogP contribution in [0.15, 0.2) is 12.2 Å². The van der Waals surface area contributed by atoms with E-state index in [2.05, 4.69) is 0 Å². The average Bonchev–Trinajstić information content (AvgIpc) is 2.57. The Balaban J connectivity index is 2.28. The fourth-order valence-electron chi connectivity index (χ4n) is 1.34. The second-order valence-corrected chi connectivity index (χ2v) is 3.55. The number of carbonyl (C=O) groups is 4. The number of ether oxygens (including phenoxy) is 1. The van der Waals surface area contributed by atoms with Gasteiger partial charge in [-0.25, -0.2) is 4.79 Å². The Morgan fingerprint density at radius 2 is 1.82 bits per heavy atom. The summed E-state index contributed by atoms with van der Waals surface area (Å²) in [7, 11) is 0. The highest BCUT2D eigenvalue weighted by atomic mass is 16.5. The van der Waals surface area contributed by atoms with Crippen molar-refractivity contribution >= 4 is 23.6 Å². The van der Waals surface area contributed by atoms with Gasteiger partial charge in [0.2, 0.25) is 11.8 Å². The average molecular weight is 239 g/mol. The van der Waals surface area contributed by atoms with Crippen molar-refractivity contribution < 1.29 is 23.9 Å². The van der Waals surface area contributed by atoms with Gasteiger partial charge in [0.15, 0.2) is 5.78 Å². The quantitative estimate of drug-likeness (QED) is 0.378. The summed E-state index contributed by atoms with van der Waals surface area (Å²) in [4.78, 5) is 45.0. The molecular formula is C11H13NO5. The second kappa shape index (κ2) is 5.93. The summed E-state index contributed by atoms with van der Waals surface area (Å²) in [5, 5.41) is 0. The van der Waals surface area contributed by atoms with Gasteiger partial charge in [-0.1, -0.05) is 0 Å². The Hall–Kier alpha value is -1.98. The zero-order valence-corrected chi connectivity index (χ0v) is 9.47. The highest BCUT2D eigenvalue weighted by Crippen LogP contribution is 2.10. The Morgan fingerprint density at radius 1 is 1.24 bits per heavy atom. The molecule has 92 valence electrons. The van der Waals surface area contributed by atoms with Crippen LogP contribution in [0.1, 0.15) is 19.8 Å². The van der Waals surface area contributed by atoms with Crippen molar-refractivity contribution in [3.05, 3.63) is 12.2 Å². The minimum atomic E-state index is -0.667. The largest absolute Gasteiger partial charge is 0.461 e. The Kier molecular flexibility index (Phi) is 4.56. The number of allylic oxidation sites excluding steroid dienone is 1. The molecule has 0 spiro atoms. The predicted molar refractivity (Wildman–Crippen MR) is 56.7 cm³/mol. The number of amides is 2. The van der Waals surface area contributed by atoms with E-state index in [1.165, 1.54) is 6.92 Å². The SMILES string of the molecule is CC(=O)/C=C/C(=O)OCCN1C(=O)CCC1=O. The monoisotopic (exact) mass is 239 g/mol. The molecule has 0 aliphatic carbocycles. The Labute approximate surface area is 98.2 Å². The Bertz CT molecular complexity index is 369. The fraction of sp³-hybridized carbons (Fsp3) is 0.455. The van der Waals surface area contributed by atoms with Gasteiger partial charge in [0.25, 0.3) is 0 Å². The molecule has 1 aliphatic rings. The van der Waals surface area contributed by atoms with Crippen LogP contribution in [-0.2, 0) is 23.9 Å². The van der Waals surface area contributed by atoms with E-state index in [4.69, 9.17) is 4.74 Å². The van der Waals surface area contributed by atoms with Crippen LogP contribution < -0.4 is 0 Å². The lowest BCUT2D eigenvalue weighted by atomic mass is 10.4. The van der Waals surface area contributed by atoms with Crippen LogP contribution in [0.25, 0.3) is 0 Å². The van der Waals surface area contributed by atoms with Crippen LogP contribution in [0.2, 0.25) is 0 Å². The van der Waals surface area contributed by atoms with Gasteiger partial charge in [0, 0.05) is 18.9 Å². The number of likely N-dealkylation sites (tertiary alicyclic amines) is 1. The summed E-state index contributed by atoms with van der Waals surface area (Å²) in [6, 6.07) is 0. The van der Waals surface area contributed by atoms with Crippen molar-refractivity contribution in [3.8, 4) is 0 Å². The predicted octanol–water partition coefficient (Wildman–Crippen LogP) is -0.176. The molecule has 6 heteroatoms. The van der Waals surface area contributed by atoms with Crippen molar-refractivity contribution in [3.63, 3.8) is 0 Å². The maximum absolute atomic E-state index is 11.2. The van der Waals surface area contributed by atoms with E-state index in [1.54, 1.807) is 0 Å². The molecular weight excluding hydrogens is 226 g/mol. The lowest BCUT2D eigenvalue weighted by Crippen LogP contribution is -2.32. The van der Waals surface area contributed by atoms with Crippen molar-refractivity contribution in [2.24, 2.45) is 0 Å². The molecule has 1 fully saturated rings. The van der Waals surface area contributed by atoms with E-state index in [0.717, 1.165) is 17.1 Å². The molecule has 6 nitrogen and oxygen atoms in total. The minimum Gasteiger partial charge on any atom is -0.461 e. The molecule has 0 aromatic rings. The lowest BCUT2D eigenvalue weighted by Gasteiger charge is -2.12. The van der Waals surface area contributed by atoms with Gasteiger partial charge in [-0.3, -0.25) is 19.3 Å². The van der Waals surface area contributed by atoms with Crippen molar-refractivity contribution in [2.75, 3.05) is 13.2 Å². The first kappa shape index (κ1) is 13.1. The summed E-state index contributed by atoms with van der Waals surface area (Å²) in [6.07, 6.45) is 2.54. The highest BCUT2D eigenvalue weighted by molar-refractivity contribution is 6.01. The van der Waals surface area contributed by atoms with E-state index in [0.29, 0.717) is 0 Å². The number of rotatable bonds is 5. The van der Waals surface area contributed by atoms with Crippen LogP contribution in [-0.4, -0.2) is 41.6 Å². The number of hydrogen-bond acceptors (Lipinski definition) is 5. The van der Waals surface area contributed by atoms with Crippen molar-refractivity contribution in [2.45, 2.75) is 19.8 Å². The van der Waals surface area contributed by atoms with E-state index in [1.807, 2.05) is 0 Å². The van der Waals surface area contributed by atoms with E-state index < -0.39 is 5.97 Å². The zero-order chi connectivity index (χ0) is 12.8. The van der Waals surface area contributed by atoms with E-state index in [9.17, 15) is 19.2 Å². The smallest absolute Gasteiger partial charge is 0.330 e. The normalized spacial score (nSPS) is 15.7. The molecule has 0 N–H and O–H groups in total. The number of esters is 1. The summed E-state index contributed by atoms with van der Waals surface area (Å²) < 4.78 is 4.73. The molecule has 0 saturated carbocycles. The standard InChI is InChI=1S/C11H13NO5/c1-8(13)2-5-11(16)17-7-6-12-9(14)3-4-10(12)15/h2,5H,3-4,6-7H2,1H3/b5-2+. The molecule has 1 heterocycles. The van der Waals surface area contributed by atoms with Crippen LogP contribution in [0.3, 0.4) is 0 Å². The highest BCUT2D eigenvalue weighted by Gasteiger charge is 2.28. The fourth-order valence-corrected chi connectivity index (χ4v) is 1.34. The van der Waals surface area contributed by atoms with Gasteiger partial charge < -0.3 is 4.74 Å². The molecule has 0 bridgehead atoms. The molecule has 1 aliphatic heterocycles. The molecule has 0 aromatic heterocycles. The molecule has 1 saturated heterocycles. The zero-order valence-electron chi connectivity index (χ0n) is 9.47. The topological polar surface area (TPSA) is 80.8 Å². The van der Waals surface area contributed by atoms with Gasteiger partial charge in [0.05, 0.1) is 6.54 Å². The van der Waals surface area contributed by atoms with Gasteiger partial charge in [0.1, 0.15) is 6.61 Å². The maximum atomic E-state index is 11.2. The first-order valence-corrected chi connectivity index (χ1v) is 5.19. The summed E-state index contributed by atoms with van der Waals surface area (Å²) in [6.45, 7) is 1.32. The van der Waals surface area contributed by atoms with E-state index in [-0.39, 0.29) is 43.6 Å². The number of carbonyl (C=O) groups excluding carboxylic acids is 4. The number of hydrogen-bond donors (Lipinski definition) is 0. The van der Waals surface area contributed by atoms with Crippen molar-refractivity contribution in [1.29, 1.82) is 0 Å². The Morgan fingerprint density at radius 3 is 2.35 bits per heavy atom. The van der Waals surface area contributed by atoms with Crippen LogP contribution in [0, 0.1) is 0 Å². The molecule has 0 unspecified atom stereocenters. The summed E-state index contributed by atoms with van der Waals surface area (Å²) >= 11 is 0. The van der Waals surface area contributed by atoms with Crippen LogP contribution in [0.4, 0.5) is 0 Å². The maximum Gasteiger partial charge on any atom is 0.330 e. The third-order valence-electron chi connectivity index (χ3n) is 2.17.